The van der Waals surface area contributed by atoms with Crippen LogP contribution in [0, 0.1) is 17.2 Å². The molecular weight excluding hydrogens is 248 g/mol. The molecule has 3 nitrogen and oxygen atoms in total. The molecule has 0 heterocycles. The molecule has 0 aromatic heterocycles. The largest absolute Gasteiger partial charge is 0.493 e. The molecule has 1 aromatic rings. The summed E-state index contributed by atoms with van der Waals surface area (Å²) >= 11 is 0. The second-order valence-electron chi connectivity index (χ2n) is 5.62. The van der Waals surface area contributed by atoms with Crippen LogP contribution in [0.3, 0.4) is 0 Å². The molecule has 1 aromatic carbocycles. The summed E-state index contributed by atoms with van der Waals surface area (Å²) in [6, 6.07) is 10.8. The van der Waals surface area contributed by atoms with E-state index >= 15 is 0 Å². The minimum Gasteiger partial charge on any atom is -0.493 e. The number of nitrogens with one attached hydrogen (secondary N) is 1. The van der Waals surface area contributed by atoms with Crippen molar-refractivity contribution in [2.24, 2.45) is 5.92 Å². The maximum Gasteiger partial charge on any atom is 0.121 e. The van der Waals surface area contributed by atoms with Gasteiger partial charge in [-0.2, -0.15) is 5.26 Å². The Morgan fingerprint density at radius 1 is 1.40 bits per heavy atom. The van der Waals surface area contributed by atoms with E-state index in [9.17, 15) is 0 Å². The molecule has 0 saturated heterocycles. The van der Waals surface area contributed by atoms with Crippen LogP contribution in [0.25, 0.3) is 0 Å². The van der Waals surface area contributed by atoms with Crippen LogP contribution < -0.4 is 10.1 Å². The Morgan fingerprint density at radius 2 is 2.20 bits per heavy atom. The molecule has 1 saturated carbocycles. The molecule has 20 heavy (non-hydrogen) atoms. The Bertz CT molecular complexity index is 447. The minimum absolute atomic E-state index is 0.520. The van der Waals surface area contributed by atoms with Gasteiger partial charge in [0, 0.05) is 24.2 Å². The fraction of sp³-hybridized carbons (Fsp3) is 0.588. The van der Waals surface area contributed by atoms with Gasteiger partial charge in [-0.15, -0.1) is 0 Å². The van der Waals surface area contributed by atoms with E-state index in [2.05, 4.69) is 30.4 Å². The zero-order valence-corrected chi connectivity index (χ0v) is 12.3. The van der Waals surface area contributed by atoms with Crippen LogP contribution in [0.1, 0.15) is 45.4 Å². The lowest BCUT2D eigenvalue weighted by molar-refractivity contribution is 0.313. The van der Waals surface area contributed by atoms with Gasteiger partial charge in [0.2, 0.25) is 0 Å². The van der Waals surface area contributed by atoms with E-state index in [0.29, 0.717) is 19.1 Å². The molecule has 108 valence electrons. The van der Waals surface area contributed by atoms with Crippen molar-refractivity contribution in [3.63, 3.8) is 0 Å². The lowest BCUT2D eigenvalue weighted by atomic mass is 9.99. The van der Waals surface area contributed by atoms with Crippen molar-refractivity contribution >= 4 is 5.69 Å². The third-order valence-corrected chi connectivity index (χ3v) is 4.04. The first-order chi connectivity index (χ1) is 9.79. The molecule has 0 radical (unpaired) electrons. The van der Waals surface area contributed by atoms with Gasteiger partial charge >= 0.3 is 0 Å². The number of rotatable bonds is 7. The number of nitrogens with zero attached hydrogens (tertiary/aromatic N) is 1. The molecule has 0 spiro atoms. The summed E-state index contributed by atoms with van der Waals surface area (Å²) in [4.78, 5) is 0. The SMILES string of the molecule is CC(Nc1cccc(OCCCC#N)c1)C1CCCC1. The topological polar surface area (TPSA) is 45.0 Å². The van der Waals surface area contributed by atoms with E-state index in [1.807, 2.05) is 12.1 Å². The van der Waals surface area contributed by atoms with Crippen molar-refractivity contribution in [3.05, 3.63) is 24.3 Å². The summed E-state index contributed by atoms with van der Waals surface area (Å²) in [6.07, 6.45) is 6.78. The molecule has 1 fully saturated rings. The first-order valence-electron chi connectivity index (χ1n) is 7.66. The number of hydrogen-bond acceptors (Lipinski definition) is 3. The highest BCUT2D eigenvalue weighted by Gasteiger charge is 2.21. The van der Waals surface area contributed by atoms with E-state index < -0.39 is 0 Å². The Morgan fingerprint density at radius 3 is 2.95 bits per heavy atom. The highest BCUT2D eigenvalue weighted by Crippen LogP contribution is 2.29. The van der Waals surface area contributed by atoms with E-state index in [1.54, 1.807) is 0 Å². The van der Waals surface area contributed by atoms with Crippen molar-refractivity contribution < 1.29 is 4.74 Å². The average Bonchev–Trinajstić information content (AvgIpc) is 2.98. The summed E-state index contributed by atoms with van der Waals surface area (Å²) in [5, 5.41) is 12.1. The van der Waals surface area contributed by atoms with Crippen molar-refractivity contribution in [1.29, 1.82) is 5.26 Å². The Balaban J connectivity index is 1.83. The van der Waals surface area contributed by atoms with E-state index in [4.69, 9.17) is 10.00 Å². The Kier molecular flexibility index (Phi) is 5.73. The number of nitriles is 1. The predicted molar refractivity (Wildman–Crippen MR) is 81.8 cm³/mol. The Hall–Kier alpha value is -1.69. The van der Waals surface area contributed by atoms with Gasteiger partial charge in [0.25, 0.3) is 0 Å². The molecule has 1 N–H and O–H groups in total. The van der Waals surface area contributed by atoms with Crippen LogP contribution in [-0.4, -0.2) is 12.6 Å². The molecule has 0 bridgehead atoms. The first-order valence-corrected chi connectivity index (χ1v) is 7.66. The summed E-state index contributed by atoms with van der Waals surface area (Å²) < 4.78 is 5.66. The Labute approximate surface area is 121 Å². The normalized spacial score (nSPS) is 16.6. The van der Waals surface area contributed by atoms with Crippen molar-refractivity contribution in [3.8, 4) is 11.8 Å². The van der Waals surface area contributed by atoms with Crippen LogP contribution in [0.15, 0.2) is 24.3 Å². The van der Waals surface area contributed by atoms with Gasteiger partial charge in [0.15, 0.2) is 0 Å². The number of anilines is 1. The molecule has 3 heteroatoms. The molecule has 0 amide bonds. The third-order valence-electron chi connectivity index (χ3n) is 4.04. The summed E-state index contributed by atoms with van der Waals surface area (Å²) in [5.41, 5.74) is 1.13. The van der Waals surface area contributed by atoms with Crippen LogP contribution in [0.2, 0.25) is 0 Å². The smallest absolute Gasteiger partial charge is 0.121 e. The summed E-state index contributed by atoms with van der Waals surface area (Å²) in [6.45, 7) is 2.88. The average molecular weight is 272 g/mol. The second kappa shape index (κ2) is 7.79. The number of hydrogen-bond donors (Lipinski definition) is 1. The van der Waals surface area contributed by atoms with Gasteiger partial charge in [0.05, 0.1) is 12.7 Å². The lowest BCUT2D eigenvalue weighted by Crippen LogP contribution is -2.23. The first kappa shape index (κ1) is 14.7. The molecule has 1 aliphatic carbocycles. The van der Waals surface area contributed by atoms with Crippen molar-refractivity contribution in [2.75, 3.05) is 11.9 Å². The summed E-state index contributed by atoms with van der Waals surface area (Å²) in [5.74, 6) is 1.68. The van der Waals surface area contributed by atoms with Gasteiger partial charge in [-0.3, -0.25) is 0 Å². The minimum atomic E-state index is 0.520. The molecule has 0 aliphatic heterocycles. The lowest BCUT2D eigenvalue weighted by Gasteiger charge is -2.21. The predicted octanol–water partition coefficient (Wildman–Crippen LogP) is 4.36. The zero-order chi connectivity index (χ0) is 14.2. The maximum absolute atomic E-state index is 8.49. The van der Waals surface area contributed by atoms with Gasteiger partial charge in [-0.05, 0) is 44.2 Å². The van der Waals surface area contributed by atoms with Gasteiger partial charge in [-0.25, -0.2) is 0 Å². The molecule has 1 aliphatic rings. The van der Waals surface area contributed by atoms with Gasteiger partial charge in [0.1, 0.15) is 5.75 Å². The standard InChI is InChI=1S/C17H24N2O/c1-14(15-7-2-3-8-15)19-16-9-6-10-17(13-16)20-12-5-4-11-18/h6,9-10,13-15,19H,2-5,7-8,12H2,1H3. The monoisotopic (exact) mass is 272 g/mol. The molecular formula is C17H24N2O. The van der Waals surface area contributed by atoms with Gasteiger partial charge < -0.3 is 10.1 Å². The highest BCUT2D eigenvalue weighted by atomic mass is 16.5. The maximum atomic E-state index is 8.49. The van der Waals surface area contributed by atoms with Crippen LogP contribution in [0.5, 0.6) is 5.75 Å². The fourth-order valence-electron chi connectivity index (χ4n) is 2.86. The van der Waals surface area contributed by atoms with E-state index in [0.717, 1.165) is 23.8 Å². The quantitative estimate of drug-likeness (QED) is 0.750. The van der Waals surface area contributed by atoms with Crippen LogP contribution in [-0.2, 0) is 0 Å². The number of ether oxygens (including phenoxy) is 1. The highest BCUT2D eigenvalue weighted by molar-refractivity contribution is 5.48. The second-order valence-corrected chi connectivity index (χ2v) is 5.62. The molecule has 1 atom stereocenters. The zero-order valence-electron chi connectivity index (χ0n) is 12.3. The third kappa shape index (κ3) is 4.45. The number of benzene rings is 1. The summed E-state index contributed by atoms with van der Waals surface area (Å²) in [7, 11) is 0. The van der Waals surface area contributed by atoms with Crippen LogP contribution >= 0.6 is 0 Å². The number of unbranched alkanes of at least 4 members (excludes halogenated alkanes) is 1. The fourth-order valence-corrected chi connectivity index (χ4v) is 2.86. The molecule has 2 rings (SSSR count). The van der Waals surface area contributed by atoms with Crippen LogP contribution in [0.4, 0.5) is 5.69 Å². The van der Waals surface area contributed by atoms with E-state index in [1.165, 1.54) is 25.7 Å². The molecule has 1 unspecified atom stereocenters. The van der Waals surface area contributed by atoms with Crippen molar-refractivity contribution in [1.82, 2.24) is 0 Å². The van der Waals surface area contributed by atoms with Crippen molar-refractivity contribution in [2.45, 2.75) is 51.5 Å². The van der Waals surface area contributed by atoms with E-state index in [-0.39, 0.29) is 0 Å². The van der Waals surface area contributed by atoms with Gasteiger partial charge in [-0.1, -0.05) is 18.9 Å².